The fraction of sp³-hybridized carbons (Fsp3) is 0.500. The molecule has 3 nitrogen and oxygen atoms in total. The predicted molar refractivity (Wildman–Crippen MR) is 104 cm³/mol. The van der Waals surface area contributed by atoms with Crippen molar-refractivity contribution in [3.63, 3.8) is 0 Å². The minimum Gasteiger partial charge on any atom is -0.266 e. The van der Waals surface area contributed by atoms with Crippen molar-refractivity contribution in [2.75, 3.05) is 12.9 Å². The summed E-state index contributed by atoms with van der Waals surface area (Å²) in [6.45, 7) is 8.65. The van der Waals surface area contributed by atoms with Crippen LogP contribution >= 0.6 is 0 Å². The zero-order valence-electron chi connectivity index (χ0n) is 15.7. The molecule has 0 heterocycles. The zero-order chi connectivity index (χ0) is 18.4. The number of allylic oxidation sites excluding steroid dienone is 9. The summed E-state index contributed by atoms with van der Waals surface area (Å²) in [4.78, 5) is 0. The Morgan fingerprint density at radius 2 is 1.50 bits per heavy atom. The number of hydrogen-bond acceptors (Lipinski definition) is 3. The molecule has 0 aromatic heterocycles. The Balaban J connectivity index is 4.03. The lowest BCUT2D eigenvalue weighted by Gasteiger charge is -2.00. The van der Waals surface area contributed by atoms with Gasteiger partial charge in [-0.2, -0.15) is 8.42 Å². The van der Waals surface area contributed by atoms with Crippen LogP contribution in [-0.2, 0) is 14.3 Å². The summed E-state index contributed by atoms with van der Waals surface area (Å²) in [6, 6.07) is 0. The van der Waals surface area contributed by atoms with Gasteiger partial charge in [0.15, 0.2) is 0 Å². The second kappa shape index (κ2) is 13.0. The van der Waals surface area contributed by atoms with E-state index in [1.165, 1.54) is 16.7 Å². The molecule has 0 saturated carbocycles. The SMILES string of the molecule is CC(C)=CCC/C(C)=C/CC/C(C)=C/C=C/C=C\COS(C)(=O)=O. The van der Waals surface area contributed by atoms with Crippen LogP contribution < -0.4 is 0 Å². The van der Waals surface area contributed by atoms with E-state index in [2.05, 4.69) is 50.1 Å². The first-order valence-electron chi connectivity index (χ1n) is 8.33. The molecule has 24 heavy (non-hydrogen) atoms. The van der Waals surface area contributed by atoms with Crippen LogP contribution in [0.15, 0.2) is 59.3 Å². The highest BCUT2D eigenvalue weighted by atomic mass is 32.2. The summed E-state index contributed by atoms with van der Waals surface area (Å²) in [7, 11) is -3.35. The molecule has 4 heteroatoms. The zero-order valence-corrected chi connectivity index (χ0v) is 16.5. The third-order valence-corrected chi connectivity index (χ3v) is 3.80. The number of hydrogen-bond donors (Lipinski definition) is 0. The Kier molecular flexibility index (Phi) is 12.2. The quantitative estimate of drug-likeness (QED) is 0.280. The molecule has 0 spiro atoms. The molecular weight excluding hydrogens is 320 g/mol. The largest absolute Gasteiger partial charge is 0.266 e. The van der Waals surface area contributed by atoms with Gasteiger partial charge < -0.3 is 0 Å². The van der Waals surface area contributed by atoms with Gasteiger partial charge in [0.1, 0.15) is 0 Å². The van der Waals surface area contributed by atoms with E-state index < -0.39 is 10.1 Å². The molecule has 0 radical (unpaired) electrons. The molecule has 0 aliphatic carbocycles. The molecule has 0 fully saturated rings. The second-order valence-electron chi connectivity index (χ2n) is 6.22. The molecule has 0 bridgehead atoms. The van der Waals surface area contributed by atoms with E-state index in [9.17, 15) is 8.42 Å². The smallest absolute Gasteiger partial charge is 0.264 e. The minimum absolute atomic E-state index is 0.0721. The highest BCUT2D eigenvalue weighted by Gasteiger charge is 1.96. The van der Waals surface area contributed by atoms with Gasteiger partial charge in [-0.3, -0.25) is 4.18 Å². The summed E-state index contributed by atoms with van der Waals surface area (Å²) in [5, 5.41) is 0. The van der Waals surface area contributed by atoms with Gasteiger partial charge >= 0.3 is 0 Å². The van der Waals surface area contributed by atoms with Gasteiger partial charge in [0.05, 0.1) is 12.9 Å². The van der Waals surface area contributed by atoms with Crippen LogP contribution in [0.3, 0.4) is 0 Å². The maximum Gasteiger partial charge on any atom is 0.264 e. The van der Waals surface area contributed by atoms with Crippen LogP contribution in [0, 0.1) is 0 Å². The molecule has 0 aromatic carbocycles. The molecule has 0 unspecified atom stereocenters. The molecule has 0 aromatic rings. The maximum atomic E-state index is 10.8. The molecule has 0 aliphatic rings. The van der Waals surface area contributed by atoms with E-state index in [0.29, 0.717) is 0 Å². The lowest BCUT2D eigenvalue weighted by molar-refractivity contribution is 0.361. The molecule has 0 amide bonds. The van der Waals surface area contributed by atoms with Crippen LogP contribution in [0.1, 0.15) is 53.4 Å². The van der Waals surface area contributed by atoms with Crippen LogP contribution in [0.25, 0.3) is 0 Å². The van der Waals surface area contributed by atoms with Crippen molar-refractivity contribution >= 4 is 10.1 Å². The Labute approximate surface area is 148 Å². The fourth-order valence-electron chi connectivity index (χ4n) is 1.90. The summed E-state index contributed by atoms with van der Waals surface area (Å²) in [6.07, 6.45) is 19.4. The Morgan fingerprint density at radius 1 is 0.875 bits per heavy atom. The van der Waals surface area contributed by atoms with E-state index in [4.69, 9.17) is 0 Å². The first-order chi connectivity index (χ1) is 11.2. The van der Waals surface area contributed by atoms with E-state index in [1.807, 2.05) is 12.2 Å². The molecule has 0 N–H and O–H groups in total. The average Bonchev–Trinajstić information content (AvgIpc) is 2.44. The van der Waals surface area contributed by atoms with E-state index >= 15 is 0 Å². The van der Waals surface area contributed by atoms with Gasteiger partial charge in [-0.25, -0.2) is 0 Å². The molecule has 0 rings (SSSR count). The van der Waals surface area contributed by atoms with Gasteiger partial charge in [-0.05, 0) is 53.4 Å². The number of rotatable bonds is 11. The predicted octanol–water partition coefficient (Wildman–Crippen LogP) is 5.49. The molecule has 0 saturated heterocycles. The van der Waals surface area contributed by atoms with Crippen LogP contribution in [0.4, 0.5) is 0 Å². The normalized spacial score (nSPS) is 13.9. The molecule has 0 atom stereocenters. The van der Waals surface area contributed by atoms with Crippen molar-refractivity contribution in [2.24, 2.45) is 0 Å². The summed E-state index contributed by atoms with van der Waals surface area (Å²) >= 11 is 0. The van der Waals surface area contributed by atoms with Crippen molar-refractivity contribution in [1.29, 1.82) is 0 Å². The van der Waals surface area contributed by atoms with Crippen molar-refractivity contribution in [2.45, 2.75) is 53.4 Å². The van der Waals surface area contributed by atoms with Gasteiger partial charge in [-0.15, -0.1) is 0 Å². The fourth-order valence-corrected chi connectivity index (χ4v) is 2.23. The summed E-state index contributed by atoms with van der Waals surface area (Å²) in [5.41, 5.74) is 4.15. The van der Waals surface area contributed by atoms with Gasteiger partial charge in [0.25, 0.3) is 10.1 Å². The molecule has 0 aliphatic heterocycles. The van der Waals surface area contributed by atoms with Crippen molar-refractivity contribution in [3.8, 4) is 0 Å². The topological polar surface area (TPSA) is 43.4 Å². The molecule has 136 valence electrons. The highest BCUT2D eigenvalue weighted by Crippen LogP contribution is 2.11. The van der Waals surface area contributed by atoms with E-state index in [-0.39, 0.29) is 6.61 Å². The van der Waals surface area contributed by atoms with Gasteiger partial charge in [0.2, 0.25) is 0 Å². The standard InChI is InChI=1S/C20H32O3S/c1-18(2)12-10-14-20(4)16-11-15-19(3)13-8-6-7-9-17-23-24(5,21)22/h6-9,12-13,16H,10-11,14-15,17H2,1-5H3/b8-6+,9-7-,19-13+,20-16+. The lowest BCUT2D eigenvalue weighted by atomic mass is 10.1. The van der Waals surface area contributed by atoms with Crippen molar-refractivity contribution in [3.05, 3.63) is 59.3 Å². The van der Waals surface area contributed by atoms with Crippen LogP contribution in [-0.4, -0.2) is 21.3 Å². The highest BCUT2D eigenvalue weighted by molar-refractivity contribution is 7.85. The molecular formula is C20H32O3S. The first kappa shape index (κ1) is 22.6. The average molecular weight is 353 g/mol. The third-order valence-electron chi connectivity index (χ3n) is 3.24. The lowest BCUT2D eigenvalue weighted by Crippen LogP contribution is -2.01. The van der Waals surface area contributed by atoms with E-state index in [1.54, 1.807) is 12.2 Å². The Bertz CT molecular complexity index is 599. The maximum absolute atomic E-state index is 10.8. The van der Waals surface area contributed by atoms with Crippen molar-refractivity contribution in [1.82, 2.24) is 0 Å². The Morgan fingerprint density at radius 3 is 2.12 bits per heavy atom. The van der Waals surface area contributed by atoms with Crippen molar-refractivity contribution < 1.29 is 12.6 Å². The van der Waals surface area contributed by atoms with E-state index in [0.717, 1.165) is 31.9 Å². The van der Waals surface area contributed by atoms with Gasteiger partial charge in [0, 0.05) is 0 Å². The van der Waals surface area contributed by atoms with Gasteiger partial charge in [-0.1, -0.05) is 59.3 Å². The second-order valence-corrected chi connectivity index (χ2v) is 7.87. The van der Waals surface area contributed by atoms with Crippen LogP contribution in [0.5, 0.6) is 0 Å². The summed E-state index contributed by atoms with van der Waals surface area (Å²) in [5.74, 6) is 0. The van der Waals surface area contributed by atoms with Crippen LogP contribution in [0.2, 0.25) is 0 Å². The third kappa shape index (κ3) is 17.0. The monoisotopic (exact) mass is 352 g/mol. The summed E-state index contributed by atoms with van der Waals surface area (Å²) < 4.78 is 26.1. The Hall–Kier alpha value is -1.39. The minimum atomic E-state index is -3.35. The first-order valence-corrected chi connectivity index (χ1v) is 10.1.